The standard InChI is InChI=1S/C13H14FN5/c1-2-6-19-13(17-9-18-19)8-16-12-5-3-4-11(14)10(12)7-15/h3-5,9,16H,2,6,8H2,1H3. The molecule has 0 atom stereocenters. The third-order valence-electron chi connectivity index (χ3n) is 2.69. The van der Waals surface area contributed by atoms with E-state index in [-0.39, 0.29) is 5.56 Å². The second-order valence-electron chi connectivity index (χ2n) is 4.03. The zero-order chi connectivity index (χ0) is 13.7. The summed E-state index contributed by atoms with van der Waals surface area (Å²) in [6.45, 7) is 3.24. The number of nitriles is 1. The Morgan fingerprint density at radius 3 is 3.05 bits per heavy atom. The van der Waals surface area contributed by atoms with Crippen LogP contribution < -0.4 is 5.32 Å². The van der Waals surface area contributed by atoms with Gasteiger partial charge in [0.2, 0.25) is 0 Å². The first-order valence-electron chi connectivity index (χ1n) is 6.05. The topological polar surface area (TPSA) is 66.5 Å². The Kier molecular flexibility index (Phi) is 4.08. The highest BCUT2D eigenvalue weighted by atomic mass is 19.1. The van der Waals surface area contributed by atoms with Crippen LogP contribution in [-0.4, -0.2) is 14.8 Å². The predicted octanol–water partition coefficient (Wildman–Crippen LogP) is 2.31. The van der Waals surface area contributed by atoms with Gasteiger partial charge in [0.25, 0.3) is 0 Å². The first-order valence-corrected chi connectivity index (χ1v) is 6.05. The van der Waals surface area contributed by atoms with E-state index in [1.807, 2.05) is 6.07 Å². The molecule has 0 spiro atoms. The van der Waals surface area contributed by atoms with Crippen molar-refractivity contribution >= 4 is 5.69 Å². The number of aryl methyl sites for hydroxylation is 1. The number of hydrogen-bond acceptors (Lipinski definition) is 4. The van der Waals surface area contributed by atoms with Crippen molar-refractivity contribution in [3.05, 3.63) is 41.7 Å². The maximum atomic E-state index is 13.4. The Bertz CT molecular complexity index is 599. The summed E-state index contributed by atoms with van der Waals surface area (Å²) < 4.78 is 15.2. The summed E-state index contributed by atoms with van der Waals surface area (Å²) in [6.07, 6.45) is 2.45. The molecule has 0 fully saturated rings. The lowest BCUT2D eigenvalue weighted by Gasteiger charge is -2.09. The molecule has 2 rings (SSSR count). The number of benzene rings is 1. The number of hydrogen-bond donors (Lipinski definition) is 1. The molecule has 0 aliphatic rings. The van der Waals surface area contributed by atoms with E-state index in [1.165, 1.54) is 12.4 Å². The lowest BCUT2D eigenvalue weighted by atomic mass is 10.2. The molecule has 0 aliphatic heterocycles. The zero-order valence-electron chi connectivity index (χ0n) is 10.6. The summed E-state index contributed by atoms with van der Waals surface area (Å²) in [5.41, 5.74) is 0.484. The van der Waals surface area contributed by atoms with Crippen molar-refractivity contribution < 1.29 is 4.39 Å². The minimum Gasteiger partial charge on any atom is -0.377 e. The van der Waals surface area contributed by atoms with Crippen LogP contribution in [0.4, 0.5) is 10.1 Å². The third-order valence-corrected chi connectivity index (χ3v) is 2.69. The summed E-state index contributed by atoms with van der Waals surface area (Å²) in [6, 6.07) is 6.35. The predicted molar refractivity (Wildman–Crippen MR) is 68.8 cm³/mol. The highest BCUT2D eigenvalue weighted by Gasteiger charge is 2.09. The summed E-state index contributed by atoms with van der Waals surface area (Å²) in [7, 11) is 0. The van der Waals surface area contributed by atoms with Crippen molar-refractivity contribution in [2.75, 3.05) is 5.32 Å². The maximum Gasteiger partial charge on any atom is 0.146 e. The second-order valence-corrected chi connectivity index (χ2v) is 4.03. The minimum absolute atomic E-state index is 0.0176. The van der Waals surface area contributed by atoms with Crippen molar-refractivity contribution in [3.8, 4) is 6.07 Å². The van der Waals surface area contributed by atoms with Gasteiger partial charge in [0.05, 0.1) is 12.2 Å². The molecule has 0 saturated heterocycles. The molecular formula is C13H14FN5. The molecule has 0 saturated carbocycles. The minimum atomic E-state index is -0.525. The summed E-state index contributed by atoms with van der Waals surface area (Å²) >= 11 is 0. The molecule has 98 valence electrons. The number of anilines is 1. The zero-order valence-corrected chi connectivity index (χ0v) is 10.6. The molecule has 5 nitrogen and oxygen atoms in total. The average molecular weight is 259 g/mol. The van der Waals surface area contributed by atoms with Crippen LogP contribution in [0.2, 0.25) is 0 Å². The fourth-order valence-electron chi connectivity index (χ4n) is 1.78. The molecule has 0 amide bonds. The largest absolute Gasteiger partial charge is 0.377 e. The molecule has 19 heavy (non-hydrogen) atoms. The monoisotopic (exact) mass is 259 g/mol. The number of aromatic nitrogens is 3. The molecular weight excluding hydrogens is 245 g/mol. The third kappa shape index (κ3) is 2.88. The van der Waals surface area contributed by atoms with Gasteiger partial charge >= 0.3 is 0 Å². The number of halogens is 1. The first-order chi connectivity index (χ1) is 9.26. The van der Waals surface area contributed by atoms with Crippen molar-refractivity contribution in [1.29, 1.82) is 5.26 Å². The maximum absolute atomic E-state index is 13.4. The molecule has 6 heteroatoms. The molecule has 1 aromatic heterocycles. The highest BCUT2D eigenvalue weighted by molar-refractivity contribution is 5.57. The molecule has 0 aliphatic carbocycles. The molecule has 0 radical (unpaired) electrons. The van der Waals surface area contributed by atoms with Crippen LogP contribution in [0, 0.1) is 17.1 Å². The Labute approximate surface area is 110 Å². The normalized spacial score (nSPS) is 10.2. The van der Waals surface area contributed by atoms with Crippen molar-refractivity contribution in [3.63, 3.8) is 0 Å². The molecule has 2 aromatic rings. The Morgan fingerprint density at radius 2 is 2.32 bits per heavy atom. The first kappa shape index (κ1) is 13.0. The van der Waals surface area contributed by atoms with Crippen LogP contribution in [0.25, 0.3) is 0 Å². The summed E-state index contributed by atoms with van der Waals surface area (Å²) in [5.74, 6) is 0.234. The number of nitrogens with one attached hydrogen (secondary N) is 1. The van der Waals surface area contributed by atoms with Gasteiger partial charge in [-0.05, 0) is 18.6 Å². The van der Waals surface area contributed by atoms with E-state index >= 15 is 0 Å². The smallest absolute Gasteiger partial charge is 0.146 e. The van der Waals surface area contributed by atoms with Crippen LogP contribution in [0.15, 0.2) is 24.5 Å². The van der Waals surface area contributed by atoms with Gasteiger partial charge in [-0.2, -0.15) is 10.4 Å². The van der Waals surface area contributed by atoms with Gasteiger partial charge in [-0.25, -0.2) is 14.1 Å². The van der Waals surface area contributed by atoms with Crippen LogP contribution >= 0.6 is 0 Å². The molecule has 1 N–H and O–H groups in total. The van der Waals surface area contributed by atoms with Gasteiger partial charge in [-0.1, -0.05) is 13.0 Å². The molecule has 0 bridgehead atoms. The van der Waals surface area contributed by atoms with Crippen molar-refractivity contribution in [2.45, 2.75) is 26.4 Å². The van der Waals surface area contributed by atoms with Gasteiger partial charge in [0.1, 0.15) is 29.6 Å². The van der Waals surface area contributed by atoms with Gasteiger partial charge < -0.3 is 5.32 Å². The number of nitrogens with zero attached hydrogens (tertiary/aromatic N) is 4. The molecule has 1 heterocycles. The van der Waals surface area contributed by atoms with Gasteiger partial charge in [-0.15, -0.1) is 0 Å². The van der Waals surface area contributed by atoms with E-state index < -0.39 is 5.82 Å². The lowest BCUT2D eigenvalue weighted by molar-refractivity contribution is 0.574. The quantitative estimate of drug-likeness (QED) is 0.894. The van der Waals surface area contributed by atoms with Crippen LogP contribution in [-0.2, 0) is 13.1 Å². The fourth-order valence-corrected chi connectivity index (χ4v) is 1.78. The van der Waals surface area contributed by atoms with Gasteiger partial charge in [0.15, 0.2) is 0 Å². The van der Waals surface area contributed by atoms with E-state index in [0.717, 1.165) is 18.8 Å². The Morgan fingerprint density at radius 1 is 1.47 bits per heavy atom. The van der Waals surface area contributed by atoms with Crippen LogP contribution in [0.5, 0.6) is 0 Å². The molecule has 0 unspecified atom stereocenters. The van der Waals surface area contributed by atoms with Crippen molar-refractivity contribution in [2.24, 2.45) is 0 Å². The Balaban J connectivity index is 2.13. The lowest BCUT2D eigenvalue weighted by Crippen LogP contribution is -2.11. The van der Waals surface area contributed by atoms with E-state index in [9.17, 15) is 4.39 Å². The fraction of sp³-hybridized carbons (Fsp3) is 0.308. The summed E-state index contributed by atoms with van der Waals surface area (Å²) in [4.78, 5) is 4.14. The molecule has 1 aromatic carbocycles. The Hall–Kier alpha value is -2.42. The SMILES string of the molecule is CCCn1ncnc1CNc1cccc(F)c1C#N. The van der Waals surface area contributed by atoms with Crippen molar-refractivity contribution in [1.82, 2.24) is 14.8 Å². The second kappa shape index (κ2) is 5.96. The van der Waals surface area contributed by atoms with E-state index in [1.54, 1.807) is 16.8 Å². The highest BCUT2D eigenvalue weighted by Crippen LogP contribution is 2.18. The van der Waals surface area contributed by atoms with Gasteiger partial charge in [-0.3, -0.25) is 0 Å². The van der Waals surface area contributed by atoms with Gasteiger partial charge in [0, 0.05) is 6.54 Å². The van der Waals surface area contributed by atoms with Crippen LogP contribution in [0.1, 0.15) is 24.7 Å². The number of rotatable bonds is 5. The summed E-state index contributed by atoms with van der Waals surface area (Å²) in [5, 5.41) is 16.1. The van der Waals surface area contributed by atoms with E-state index in [2.05, 4.69) is 22.3 Å². The van der Waals surface area contributed by atoms with E-state index in [4.69, 9.17) is 5.26 Å². The average Bonchev–Trinajstić information content (AvgIpc) is 2.84. The van der Waals surface area contributed by atoms with E-state index in [0.29, 0.717) is 12.2 Å². The van der Waals surface area contributed by atoms with Crippen LogP contribution in [0.3, 0.4) is 0 Å².